The molecule has 5 nitrogen and oxygen atoms in total. The molecule has 0 aliphatic heterocycles. The van der Waals surface area contributed by atoms with E-state index in [9.17, 15) is 17.6 Å². The third-order valence-corrected chi connectivity index (χ3v) is 3.52. The Labute approximate surface area is 104 Å². The number of rotatable bonds is 5. The van der Waals surface area contributed by atoms with E-state index < -0.39 is 26.7 Å². The Morgan fingerprint density at radius 3 is 2.67 bits per heavy atom. The van der Waals surface area contributed by atoms with Gasteiger partial charge in [-0.05, 0) is 18.2 Å². The van der Waals surface area contributed by atoms with Crippen molar-refractivity contribution in [3.63, 3.8) is 0 Å². The number of hydrogen-bond acceptors (Lipinski definition) is 3. The van der Waals surface area contributed by atoms with Crippen molar-refractivity contribution in [2.45, 2.75) is 11.3 Å². The summed E-state index contributed by atoms with van der Waals surface area (Å²) in [6.07, 6.45) is 5.13. The summed E-state index contributed by atoms with van der Waals surface area (Å²) in [4.78, 5) is 9.96. The second-order valence-electron chi connectivity index (χ2n) is 3.30. The van der Waals surface area contributed by atoms with E-state index in [1.54, 1.807) is 0 Å². The molecule has 0 saturated carbocycles. The molecule has 0 spiro atoms. The summed E-state index contributed by atoms with van der Waals surface area (Å²) in [5, 5.41) is 8.62. The van der Waals surface area contributed by atoms with Gasteiger partial charge in [0.1, 0.15) is 10.7 Å². The summed E-state index contributed by atoms with van der Waals surface area (Å²) in [7, 11) is -4.02. The van der Waals surface area contributed by atoms with Gasteiger partial charge in [0.05, 0.1) is 5.56 Å². The second kappa shape index (κ2) is 5.62. The van der Waals surface area contributed by atoms with E-state index in [0.29, 0.717) is 6.07 Å². The SMILES string of the molecule is C#CCCNS(=O)(=O)c1ccc(C(=O)O)cc1F. The van der Waals surface area contributed by atoms with Crippen LogP contribution < -0.4 is 4.72 Å². The topological polar surface area (TPSA) is 83.5 Å². The van der Waals surface area contributed by atoms with Crippen LogP contribution in [0.3, 0.4) is 0 Å². The Morgan fingerprint density at radius 1 is 1.50 bits per heavy atom. The number of halogens is 1. The van der Waals surface area contributed by atoms with Crippen LogP contribution in [0.4, 0.5) is 4.39 Å². The lowest BCUT2D eigenvalue weighted by atomic mass is 10.2. The van der Waals surface area contributed by atoms with Crippen LogP contribution >= 0.6 is 0 Å². The van der Waals surface area contributed by atoms with Gasteiger partial charge in [0.25, 0.3) is 0 Å². The zero-order valence-corrected chi connectivity index (χ0v) is 10.00. The number of carbonyl (C=O) groups is 1. The molecule has 0 aromatic heterocycles. The number of carboxylic acids is 1. The van der Waals surface area contributed by atoms with E-state index in [4.69, 9.17) is 11.5 Å². The van der Waals surface area contributed by atoms with Crippen LogP contribution in [-0.2, 0) is 10.0 Å². The predicted octanol–water partition coefficient (Wildman–Crippen LogP) is 0.825. The lowest BCUT2D eigenvalue weighted by molar-refractivity contribution is 0.0696. The largest absolute Gasteiger partial charge is 0.478 e. The molecular formula is C11H10FNO4S. The fourth-order valence-corrected chi connectivity index (χ4v) is 2.28. The highest BCUT2D eigenvalue weighted by Crippen LogP contribution is 2.16. The molecule has 0 atom stereocenters. The van der Waals surface area contributed by atoms with E-state index >= 15 is 0 Å². The molecule has 96 valence electrons. The monoisotopic (exact) mass is 271 g/mol. The fourth-order valence-electron chi connectivity index (χ4n) is 1.19. The molecule has 0 radical (unpaired) electrons. The zero-order valence-electron chi connectivity index (χ0n) is 9.18. The third-order valence-electron chi connectivity index (χ3n) is 2.03. The fraction of sp³-hybridized carbons (Fsp3) is 0.182. The van der Waals surface area contributed by atoms with E-state index in [2.05, 4.69) is 10.6 Å². The first kappa shape index (κ1) is 14.2. The molecule has 1 aromatic rings. The van der Waals surface area contributed by atoms with Gasteiger partial charge in [0, 0.05) is 13.0 Å². The van der Waals surface area contributed by atoms with Crippen LogP contribution in [0.5, 0.6) is 0 Å². The first-order valence-electron chi connectivity index (χ1n) is 4.84. The molecule has 0 heterocycles. The number of sulfonamides is 1. The van der Waals surface area contributed by atoms with E-state index in [1.165, 1.54) is 0 Å². The summed E-state index contributed by atoms with van der Waals surface area (Å²) in [5.41, 5.74) is -0.324. The number of aromatic carboxylic acids is 1. The van der Waals surface area contributed by atoms with Crippen molar-refractivity contribution in [2.75, 3.05) is 6.54 Å². The normalized spacial score (nSPS) is 10.9. The lowest BCUT2D eigenvalue weighted by Crippen LogP contribution is -2.25. The summed E-state index contributed by atoms with van der Waals surface area (Å²) in [5.74, 6) is -0.225. The number of nitrogens with one attached hydrogen (secondary N) is 1. The average molecular weight is 271 g/mol. The van der Waals surface area contributed by atoms with Crippen molar-refractivity contribution in [2.24, 2.45) is 0 Å². The molecule has 0 fully saturated rings. The van der Waals surface area contributed by atoms with Gasteiger partial charge in [-0.3, -0.25) is 0 Å². The van der Waals surface area contributed by atoms with Gasteiger partial charge in [0.15, 0.2) is 0 Å². The summed E-state index contributed by atoms with van der Waals surface area (Å²) < 4.78 is 38.9. The molecule has 0 bridgehead atoms. The van der Waals surface area contributed by atoms with Crippen LogP contribution in [0.1, 0.15) is 16.8 Å². The Balaban J connectivity index is 3.03. The minimum absolute atomic E-state index is 0.0149. The molecule has 0 unspecified atom stereocenters. The smallest absolute Gasteiger partial charge is 0.335 e. The highest BCUT2D eigenvalue weighted by atomic mass is 32.2. The van der Waals surface area contributed by atoms with Crippen molar-refractivity contribution >= 4 is 16.0 Å². The molecule has 1 rings (SSSR count). The molecule has 18 heavy (non-hydrogen) atoms. The van der Waals surface area contributed by atoms with Crippen LogP contribution in [-0.4, -0.2) is 26.0 Å². The Morgan fingerprint density at radius 2 is 2.17 bits per heavy atom. The van der Waals surface area contributed by atoms with Crippen molar-refractivity contribution in [3.8, 4) is 12.3 Å². The van der Waals surface area contributed by atoms with Gasteiger partial charge in [-0.15, -0.1) is 12.3 Å². The van der Waals surface area contributed by atoms with Crippen molar-refractivity contribution in [1.82, 2.24) is 4.72 Å². The summed E-state index contributed by atoms with van der Waals surface area (Å²) >= 11 is 0. The van der Waals surface area contributed by atoms with Crippen LogP contribution in [0.25, 0.3) is 0 Å². The molecular weight excluding hydrogens is 261 g/mol. The molecule has 2 N–H and O–H groups in total. The molecule has 0 aliphatic carbocycles. The maximum Gasteiger partial charge on any atom is 0.335 e. The van der Waals surface area contributed by atoms with Crippen LogP contribution in [0.2, 0.25) is 0 Å². The zero-order chi connectivity index (χ0) is 13.8. The quantitative estimate of drug-likeness (QED) is 0.613. The predicted molar refractivity (Wildman–Crippen MR) is 62.0 cm³/mol. The first-order chi connectivity index (χ1) is 8.38. The highest BCUT2D eigenvalue weighted by Gasteiger charge is 2.19. The number of terminal acetylenes is 1. The van der Waals surface area contributed by atoms with Gasteiger partial charge < -0.3 is 5.11 Å². The van der Waals surface area contributed by atoms with Crippen LogP contribution in [0, 0.1) is 18.2 Å². The molecule has 0 aliphatic rings. The number of hydrogen-bond donors (Lipinski definition) is 2. The van der Waals surface area contributed by atoms with Crippen molar-refractivity contribution in [3.05, 3.63) is 29.6 Å². The third kappa shape index (κ3) is 3.29. The summed E-state index contributed by atoms with van der Waals surface area (Å²) in [6.45, 7) is -0.0149. The standard InChI is InChI=1S/C11H10FNO4S/c1-2-3-6-13-18(16,17)10-5-4-8(11(14)15)7-9(10)12/h1,4-5,7,13H,3,6H2,(H,14,15). The number of carboxylic acid groups (broad SMARTS) is 1. The van der Waals surface area contributed by atoms with Gasteiger partial charge in [0.2, 0.25) is 10.0 Å². The van der Waals surface area contributed by atoms with E-state index in [1.807, 2.05) is 0 Å². The van der Waals surface area contributed by atoms with Gasteiger partial charge >= 0.3 is 5.97 Å². The Bertz CT molecular complexity index is 604. The van der Waals surface area contributed by atoms with Crippen LogP contribution in [0.15, 0.2) is 23.1 Å². The average Bonchev–Trinajstić information content (AvgIpc) is 2.28. The molecule has 0 amide bonds. The van der Waals surface area contributed by atoms with Crippen molar-refractivity contribution in [1.29, 1.82) is 0 Å². The molecule has 7 heteroatoms. The Hall–Kier alpha value is -1.91. The van der Waals surface area contributed by atoms with E-state index in [-0.39, 0.29) is 18.5 Å². The van der Waals surface area contributed by atoms with E-state index in [0.717, 1.165) is 12.1 Å². The maximum absolute atomic E-state index is 13.5. The van der Waals surface area contributed by atoms with Gasteiger partial charge in [-0.2, -0.15) is 0 Å². The van der Waals surface area contributed by atoms with Crippen molar-refractivity contribution < 1.29 is 22.7 Å². The minimum Gasteiger partial charge on any atom is -0.478 e. The molecule has 1 aromatic carbocycles. The first-order valence-corrected chi connectivity index (χ1v) is 6.33. The highest BCUT2D eigenvalue weighted by molar-refractivity contribution is 7.89. The maximum atomic E-state index is 13.5. The minimum atomic E-state index is -4.02. The van der Waals surface area contributed by atoms with Gasteiger partial charge in [-0.1, -0.05) is 0 Å². The number of benzene rings is 1. The second-order valence-corrected chi connectivity index (χ2v) is 5.04. The molecule has 0 saturated heterocycles. The Kier molecular flexibility index (Phi) is 4.42. The van der Waals surface area contributed by atoms with Gasteiger partial charge in [-0.25, -0.2) is 22.3 Å². The lowest BCUT2D eigenvalue weighted by Gasteiger charge is -2.06. The summed E-state index contributed by atoms with van der Waals surface area (Å²) in [6, 6.07) is 2.57.